The van der Waals surface area contributed by atoms with Gasteiger partial charge in [-0.15, -0.1) is 0 Å². The minimum absolute atomic E-state index is 0.323. The van der Waals surface area contributed by atoms with Crippen LogP contribution in [0.5, 0.6) is 0 Å². The summed E-state index contributed by atoms with van der Waals surface area (Å²) in [6, 6.07) is 17.6. The normalized spacial score (nSPS) is 16.7. The number of carbonyl (C=O) groups is 2. The molecule has 2 aliphatic heterocycles. The second-order valence-electron chi connectivity index (χ2n) is 17.2. The third-order valence-corrected chi connectivity index (χ3v) is 11.1. The molecule has 0 spiro atoms. The zero-order valence-electron chi connectivity index (χ0n) is 34.3. The first kappa shape index (κ1) is 41.8. The minimum Gasteiger partial charge on any atom is -0.444 e. The number of likely N-dealkylation sites (tertiary alicyclic amines) is 2. The number of halogens is 1. The van der Waals surface area contributed by atoms with E-state index >= 15 is 0 Å². The Hall–Kier alpha value is -5.38. The number of fused-ring (bicyclic) bond motifs is 2. The lowest BCUT2D eigenvalue weighted by Gasteiger charge is -2.39. The molecule has 4 aromatic heterocycles. The molecule has 8 rings (SSSR count). The molecule has 2 amide bonds. The van der Waals surface area contributed by atoms with Crippen LogP contribution in [-0.2, 0) is 20.7 Å². The monoisotopic (exact) mass is 866 g/mol. The molecular weight excluding hydrogens is 816 g/mol. The number of aromatic nitrogens is 6. The molecular formula is C44H51BrN8O6. The molecule has 6 aromatic rings. The number of carbonyl (C=O) groups excluding carboxylic acids is 2. The van der Waals surface area contributed by atoms with E-state index in [1.807, 2.05) is 121 Å². The van der Waals surface area contributed by atoms with E-state index in [1.54, 1.807) is 31.2 Å². The Balaban J connectivity index is 0.000000179. The lowest BCUT2D eigenvalue weighted by molar-refractivity contribution is -0.0366. The van der Waals surface area contributed by atoms with Gasteiger partial charge in [-0.25, -0.2) is 28.6 Å². The Morgan fingerprint density at radius 3 is 1.51 bits per heavy atom. The van der Waals surface area contributed by atoms with Gasteiger partial charge in [0.2, 0.25) is 0 Å². The molecule has 0 aliphatic carbocycles. The van der Waals surface area contributed by atoms with E-state index in [-0.39, 0.29) is 12.2 Å². The topological polar surface area (TPSA) is 160 Å². The largest absolute Gasteiger partial charge is 0.444 e. The van der Waals surface area contributed by atoms with E-state index in [0.717, 1.165) is 49.1 Å². The Labute approximate surface area is 351 Å². The van der Waals surface area contributed by atoms with Gasteiger partial charge in [-0.05, 0) is 105 Å². The third kappa shape index (κ3) is 9.75. The summed E-state index contributed by atoms with van der Waals surface area (Å²) >= 11 is 3.43. The first-order valence-electron chi connectivity index (χ1n) is 19.8. The molecule has 2 N–H and O–H groups in total. The third-order valence-electron chi connectivity index (χ3n) is 10.6. The predicted molar refractivity (Wildman–Crippen MR) is 226 cm³/mol. The predicted octanol–water partition coefficient (Wildman–Crippen LogP) is 7.99. The van der Waals surface area contributed by atoms with Gasteiger partial charge < -0.3 is 29.5 Å². The molecule has 2 aromatic carbocycles. The van der Waals surface area contributed by atoms with Crippen LogP contribution in [0.2, 0.25) is 0 Å². The van der Waals surface area contributed by atoms with Crippen LogP contribution >= 0.6 is 15.9 Å². The summed E-state index contributed by atoms with van der Waals surface area (Å²) in [6.45, 7) is 13.0. The number of nitrogens with zero attached hydrogens (tertiary/aromatic N) is 8. The Kier molecular flexibility index (Phi) is 11.6. The summed E-state index contributed by atoms with van der Waals surface area (Å²) in [7, 11) is 0. The van der Waals surface area contributed by atoms with E-state index in [9.17, 15) is 19.8 Å². The highest BCUT2D eigenvalue weighted by molar-refractivity contribution is 9.10. The van der Waals surface area contributed by atoms with Crippen LogP contribution in [0.4, 0.5) is 9.59 Å². The first-order chi connectivity index (χ1) is 27.9. The van der Waals surface area contributed by atoms with Crippen molar-refractivity contribution in [1.82, 2.24) is 39.0 Å². The molecule has 0 atom stereocenters. The summed E-state index contributed by atoms with van der Waals surface area (Å²) in [5.41, 5.74) is 4.24. The second kappa shape index (κ2) is 16.3. The van der Waals surface area contributed by atoms with Crippen molar-refractivity contribution in [3.05, 3.63) is 107 Å². The quantitative estimate of drug-likeness (QED) is 0.178. The molecule has 0 radical (unpaired) electrons. The standard InChI is InChI=1S/C22H25BrN4O3.C22H26N4O3/c1-21(2,3)30-20(28)26-10-8-22(29,9-11-26)17-6-4-15(5-7-17)16-12-24-19-18(23)13-25-27(19)14-16;1-21(2,3)29-20(27)25-12-9-22(28,10-13-25)18-6-4-16(5-7-18)17-14-23-19-8-11-24-26(19)15-17/h4-7,12-14,29H,8-11H2,1-3H3;4-8,11,14-15,28H,9-10,12-13H2,1-3H3. The molecule has 310 valence electrons. The summed E-state index contributed by atoms with van der Waals surface area (Å²) < 4.78 is 15.2. The average molecular weight is 868 g/mol. The van der Waals surface area contributed by atoms with Gasteiger partial charge in [0.15, 0.2) is 11.3 Å². The fraction of sp³-hybridized carbons (Fsp3) is 0.409. The number of rotatable bonds is 4. The number of amides is 2. The Morgan fingerprint density at radius 2 is 1.05 bits per heavy atom. The van der Waals surface area contributed by atoms with Crippen LogP contribution in [-0.4, -0.2) is 98.8 Å². The molecule has 2 aliphatic rings. The Morgan fingerprint density at radius 1 is 0.610 bits per heavy atom. The van der Waals surface area contributed by atoms with Crippen molar-refractivity contribution >= 4 is 39.4 Å². The molecule has 0 bridgehead atoms. The smallest absolute Gasteiger partial charge is 0.410 e. The Bertz CT molecular complexity index is 2420. The van der Waals surface area contributed by atoms with Crippen LogP contribution in [0.25, 0.3) is 33.5 Å². The van der Waals surface area contributed by atoms with Gasteiger partial charge in [0, 0.05) is 68.2 Å². The SMILES string of the molecule is CC(C)(C)OC(=O)N1CCC(O)(c2ccc(-c3cnc4c(Br)cnn4c3)cc2)CC1.CC(C)(C)OC(=O)N1CCC(O)(c2ccc(-c3cnc4ccnn4c3)cc2)CC1. The van der Waals surface area contributed by atoms with Crippen LogP contribution in [0.1, 0.15) is 78.4 Å². The fourth-order valence-electron chi connectivity index (χ4n) is 7.25. The molecule has 6 heterocycles. The summed E-state index contributed by atoms with van der Waals surface area (Å²) in [6.07, 6.45) is 12.2. The lowest BCUT2D eigenvalue weighted by Crippen LogP contribution is -2.46. The lowest BCUT2D eigenvalue weighted by atomic mass is 9.84. The van der Waals surface area contributed by atoms with E-state index in [1.165, 1.54) is 0 Å². The van der Waals surface area contributed by atoms with E-state index in [0.29, 0.717) is 51.9 Å². The van der Waals surface area contributed by atoms with Crippen LogP contribution in [0, 0.1) is 0 Å². The highest BCUT2D eigenvalue weighted by atomic mass is 79.9. The molecule has 2 fully saturated rings. The first-order valence-corrected chi connectivity index (χ1v) is 20.6. The summed E-state index contributed by atoms with van der Waals surface area (Å²) in [5, 5.41) is 30.8. The maximum atomic E-state index is 12.3. The molecule has 59 heavy (non-hydrogen) atoms. The number of benzene rings is 2. The fourth-order valence-corrected chi connectivity index (χ4v) is 7.62. The molecule has 2 saturated heterocycles. The zero-order chi connectivity index (χ0) is 42.2. The van der Waals surface area contributed by atoms with E-state index in [2.05, 4.69) is 36.1 Å². The maximum absolute atomic E-state index is 12.3. The highest BCUT2D eigenvalue weighted by Crippen LogP contribution is 2.36. The van der Waals surface area contributed by atoms with Crippen LogP contribution < -0.4 is 0 Å². The van der Waals surface area contributed by atoms with Crippen LogP contribution in [0.15, 0.2) is 96.3 Å². The molecule has 15 heteroatoms. The zero-order valence-corrected chi connectivity index (χ0v) is 35.9. The van der Waals surface area contributed by atoms with Crippen molar-refractivity contribution in [2.45, 2.75) is 89.6 Å². The molecule has 14 nitrogen and oxygen atoms in total. The second-order valence-corrected chi connectivity index (χ2v) is 18.1. The van der Waals surface area contributed by atoms with Gasteiger partial charge in [0.05, 0.1) is 28.1 Å². The average Bonchev–Trinajstić information content (AvgIpc) is 3.83. The number of piperidine rings is 2. The van der Waals surface area contributed by atoms with Crippen molar-refractivity contribution in [3.63, 3.8) is 0 Å². The summed E-state index contributed by atoms with van der Waals surface area (Å²) in [4.78, 5) is 36.7. The van der Waals surface area contributed by atoms with Gasteiger partial charge in [0.25, 0.3) is 0 Å². The van der Waals surface area contributed by atoms with Crippen molar-refractivity contribution in [1.29, 1.82) is 0 Å². The minimum atomic E-state index is -0.952. The van der Waals surface area contributed by atoms with E-state index < -0.39 is 22.4 Å². The molecule has 0 unspecified atom stereocenters. The van der Waals surface area contributed by atoms with Gasteiger partial charge in [-0.1, -0.05) is 48.5 Å². The van der Waals surface area contributed by atoms with Crippen molar-refractivity contribution in [3.8, 4) is 22.3 Å². The van der Waals surface area contributed by atoms with E-state index in [4.69, 9.17) is 9.47 Å². The van der Waals surface area contributed by atoms with Crippen molar-refractivity contribution in [2.24, 2.45) is 0 Å². The van der Waals surface area contributed by atoms with Gasteiger partial charge in [0.1, 0.15) is 11.2 Å². The number of hydrogen-bond acceptors (Lipinski definition) is 10. The number of ether oxygens (including phenoxy) is 2. The maximum Gasteiger partial charge on any atom is 0.410 e. The van der Waals surface area contributed by atoms with Gasteiger partial charge in [-0.3, -0.25) is 0 Å². The molecule has 0 saturated carbocycles. The van der Waals surface area contributed by atoms with Gasteiger partial charge >= 0.3 is 12.2 Å². The highest BCUT2D eigenvalue weighted by Gasteiger charge is 2.38. The van der Waals surface area contributed by atoms with Crippen molar-refractivity contribution in [2.75, 3.05) is 26.2 Å². The number of hydrogen-bond donors (Lipinski definition) is 2. The summed E-state index contributed by atoms with van der Waals surface area (Å²) in [5.74, 6) is 0. The van der Waals surface area contributed by atoms with Crippen molar-refractivity contribution < 1.29 is 29.3 Å². The van der Waals surface area contributed by atoms with Gasteiger partial charge in [-0.2, -0.15) is 10.2 Å². The number of aliphatic hydroxyl groups is 2. The van der Waals surface area contributed by atoms with Crippen LogP contribution in [0.3, 0.4) is 0 Å².